The summed E-state index contributed by atoms with van der Waals surface area (Å²) < 4.78 is 6.16. The summed E-state index contributed by atoms with van der Waals surface area (Å²) in [5, 5.41) is 0. The van der Waals surface area contributed by atoms with Crippen LogP contribution in [0.3, 0.4) is 0 Å². The minimum Gasteiger partial charge on any atom is -0.430 e. The second kappa shape index (κ2) is 5.99. The maximum absolute atomic E-state index is 11.7. The second-order valence-electron chi connectivity index (χ2n) is 3.79. The first kappa shape index (κ1) is 13.2. The van der Waals surface area contributed by atoms with E-state index in [1.54, 1.807) is 6.08 Å². The molecule has 0 saturated heterocycles. The molecular weight excluding hydrogens is 272 g/mol. The Morgan fingerprint density at radius 2 is 2.25 bits per heavy atom. The van der Waals surface area contributed by atoms with Crippen LogP contribution in [0.15, 0.2) is 22.9 Å². The molecule has 1 aliphatic carbocycles. The molecule has 1 rings (SSSR count). The molecule has 0 aromatic heterocycles. The first-order valence-corrected chi connectivity index (χ1v) is 6.06. The van der Waals surface area contributed by atoms with E-state index in [2.05, 4.69) is 22.5 Å². The van der Waals surface area contributed by atoms with Crippen molar-refractivity contribution < 1.29 is 14.3 Å². The number of ether oxygens (including phenoxy) is 1. The summed E-state index contributed by atoms with van der Waals surface area (Å²) in [6.07, 6.45) is 4.53. The number of hydrogen-bond acceptors (Lipinski definition) is 3. The second-order valence-corrected chi connectivity index (χ2v) is 4.75. The van der Waals surface area contributed by atoms with Crippen LogP contribution in [-0.2, 0) is 14.3 Å². The van der Waals surface area contributed by atoms with Gasteiger partial charge in [-0.15, -0.1) is 6.58 Å². The molecule has 0 fully saturated rings. The van der Waals surface area contributed by atoms with Crippen LogP contribution >= 0.6 is 15.9 Å². The number of esters is 1. The third kappa shape index (κ3) is 3.30. The predicted molar refractivity (Wildman–Crippen MR) is 64.9 cm³/mol. The SMILES string of the molecule is C=CCC(C(C)=O)C(=O)OC1=C(Br)CCC1. The van der Waals surface area contributed by atoms with Crippen LogP contribution in [0.1, 0.15) is 32.6 Å². The predicted octanol–water partition coefficient (Wildman–Crippen LogP) is 3.10. The maximum atomic E-state index is 11.7. The van der Waals surface area contributed by atoms with Gasteiger partial charge in [0.2, 0.25) is 0 Å². The average Bonchev–Trinajstić information content (AvgIpc) is 2.60. The summed E-state index contributed by atoms with van der Waals surface area (Å²) in [4.78, 5) is 23.0. The van der Waals surface area contributed by atoms with Crippen LogP contribution in [0.5, 0.6) is 0 Å². The zero-order valence-corrected chi connectivity index (χ0v) is 10.9. The molecule has 4 heteroatoms. The molecule has 0 aliphatic heterocycles. The van der Waals surface area contributed by atoms with Gasteiger partial charge in [0, 0.05) is 10.9 Å². The molecule has 0 heterocycles. The van der Waals surface area contributed by atoms with Crippen molar-refractivity contribution in [2.24, 2.45) is 5.92 Å². The number of allylic oxidation sites excluding steroid dienone is 3. The molecule has 88 valence electrons. The highest BCUT2D eigenvalue weighted by molar-refractivity contribution is 9.11. The van der Waals surface area contributed by atoms with E-state index in [0.717, 1.165) is 23.7 Å². The van der Waals surface area contributed by atoms with E-state index >= 15 is 0 Å². The summed E-state index contributed by atoms with van der Waals surface area (Å²) in [6, 6.07) is 0. The van der Waals surface area contributed by atoms with Crippen molar-refractivity contribution in [3.05, 3.63) is 22.9 Å². The van der Waals surface area contributed by atoms with Gasteiger partial charge < -0.3 is 4.74 Å². The summed E-state index contributed by atoms with van der Waals surface area (Å²) >= 11 is 3.36. The Morgan fingerprint density at radius 3 is 2.69 bits per heavy atom. The molecule has 16 heavy (non-hydrogen) atoms. The van der Waals surface area contributed by atoms with Crippen LogP contribution in [0, 0.1) is 5.92 Å². The molecule has 1 atom stereocenters. The van der Waals surface area contributed by atoms with Gasteiger partial charge >= 0.3 is 5.97 Å². The molecule has 0 saturated carbocycles. The monoisotopic (exact) mass is 286 g/mol. The van der Waals surface area contributed by atoms with Gasteiger partial charge in [-0.1, -0.05) is 22.0 Å². The minimum atomic E-state index is -0.717. The number of carbonyl (C=O) groups is 2. The standard InChI is InChI=1S/C12H15BrO3/c1-3-5-9(8(2)14)12(15)16-11-7-4-6-10(11)13/h3,9H,1,4-7H2,2H3. The Kier molecular flexibility index (Phi) is 4.93. The van der Waals surface area contributed by atoms with Gasteiger partial charge in [-0.3, -0.25) is 9.59 Å². The molecular formula is C12H15BrO3. The Hall–Kier alpha value is -0.900. The Labute approximate surface area is 104 Å². The number of ketones is 1. The quantitative estimate of drug-likeness (QED) is 0.443. The third-order valence-corrected chi connectivity index (χ3v) is 3.34. The normalized spacial score (nSPS) is 17.1. The van der Waals surface area contributed by atoms with Crippen molar-refractivity contribution in [1.82, 2.24) is 0 Å². The van der Waals surface area contributed by atoms with Gasteiger partial charge in [-0.2, -0.15) is 0 Å². The van der Waals surface area contributed by atoms with Crippen molar-refractivity contribution in [2.45, 2.75) is 32.6 Å². The molecule has 0 aromatic carbocycles. The highest BCUT2D eigenvalue weighted by Gasteiger charge is 2.26. The summed E-state index contributed by atoms with van der Waals surface area (Å²) in [7, 11) is 0. The third-order valence-electron chi connectivity index (χ3n) is 2.50. The van der Waals surface area contributed by atoms with Crippen molar-refractivity contribution >= 4 is 27.7 Å². The molecule has 0 bridgehead atoms. The van der Waals surface area contributed by atoms with Crippen molar-refractivity contribution in [2.75, 3.05) is 0 Å². The lowest BCUT2D eigenvalue weighted by atomic mass is 10.0. The van der Waals surface area contributed by atoms with Gasteiger partial charge in [-0.05, 0) is 26.2 Å². The van der Waals surface area contributed by atoms with Gasteiger partial charge in [0.05, 0.1) is 0 Å². The highest BCUT2D eigenvalue weighted by atomic mass is 79.9. The Bertz CT molecular complexity index is 344. The molecule has 3 nitrogen and oxygen atoms in total. The van der Waals surface area contributed by atoms with E-state index in [0.29, 0.717) is 12.2 Å². The van der Waals surface area contributed by atoms with E-state index in [9.17, 15) is 9.59 Å². The number of carbonyl (C=O) groups excluding carboxylic acids is 2. The Morgan fingerprint density at radius 1 is 1.56 bits per heavy atom. The fraction of sp³-hybridized carbons (Fsp3) is 0.500. The van der Waals surface area contributed by atoms with E-state index < -0.39 is 11.9 Å². The smallest absolute Gasteiger partial charge is 0.321 e. The fourth-order valence-corrected chi connectivity index (χ4v) is 2.13. The lowest BCUT2D eigenvalue weighted by Gasteiger charge is -2.11. The summed E-state index contributed by atoms with van der Waals surface area (Å²) in [5.74, 6) is -0.702. The van der Waals surface area contributed by atoms with E-state index in [4.69, 9.17) is 4.74 Å². The van der Waals surface area contributed by atoms with Crippen LogP contribution in [0.4, 0.5) is 0 Å². The number of Topliss-reactive ketones (excluding diaryl/α,β-unsaturated/α-hetero) is 1. The molecule has 0 spiro atoms. The highest BCUT2D eigenvalue weighted by Crippen LogP contribution is 2.31. The van der Waals surface area contributed by atoms with Gasteiger partial charge in [-0.25, -0.2) is 0 Å². The van der Waals surface area contributed by atoms with E-state index in [1.807, 2.05) is 0 Å². The Balaban J connectivity index is 2.65. The van der Waals surface area contributed by atoms with Crippen molar-refractivity contribution in [1.29, 1.82) is 0 Å². The molecule has 0 amide bonds. The van der Waals surface area contributed by atoms with Crippen LogP contribution in [0.25, 0.3) is 0 Å². The lowest BCUT2D eigenvalue weighted by molar-refractivity contribution is -0.147. The van der Waals surface area contributed by atoms with Gasteiger partial charge in [0.1, 0.15) is 17.5 Å². The minimum absolute atomic E-state index is 0.181. The van der Waals surface area contributed by atoms with Crippen molar-refractivity contribution in [3.8, 4) is 0 Å². The average molecular weight is 287 g/mol. The molecule has 0 aromatic rings. The summed E-state index contributed by atoms with van der Waals surface area (Å²) in [5.41, 5.74) is 0. The maximum Gasteiger partial charge on any atom is 0.321 e. The first-order chi connectivity index (χ1) is 7.56. The summed E-state index contributed by atoms with van der Waals surface area (Å²) in [6.45, 7) is 4.93. The van der Waals surface area contributed by atoms with Crippen LogP contribution in [-0.4, -0.2) is 11.8 Å². The number of rotatable bonds is 5. The van der Waals surface area contributed by atoms with Crippen LogP contribution < -0.4 is 0 Å². The van der Waals surface area contributed by atoms with E-state index in [1.165, 1.54) is 6.92 Å². The largest absolute Gasteiger partial charge is 0.430 e. The lowest BCUT2D eigenvalue weighted by Crippen LogP contribution is -2.23. The first-order valence-electron chi connectivity index (χ1n) is 5.26. The zero-order valence-electron chi connectivity index (χ0n) is 9.29. The fourth-order valence-electron chi connectivity index (χ4n) is 1.57. The van der Waals surface area contributed by atoms with Crippen molar-refractivity contribution in [3.63, 3.8) is 0 Å². The topological polar surface area (TPSA) is 43.4 Å². The molecule has 0 N–H and O–H groups in total. The zero-order chi connectivity index (χ0) is 12.1. The number of hydrogen-bond donors (Lipinski definition) is 0. The van der Waals surface area contributed by atoms with Gasteiger partial charge in [0.25, 0.3) is 0 Å². The molecule has 1 aliphatic rings. The molecule has 0 radical (unpaired) electrons. The molecule has 1 unspecified atom stereocenters. The number of halogens is 1. The van der Waals surface area contributed by atoms with Crippen LogP contribution in [0.2, 0.25) is 0 Å². The van der Waals surface area contributed by atoms with E-state index in [-0.39, 0.29) is 5.78 Å². The van der Waals surface area contributed by atoms with Gasteiger partial charge in [0.15, 0.2) is 0 Å².